The number of anilines is 2. The molecule has 0 radical (unpaired) electrons. The van der Waals surface area contributed by atoms with Crippen molar-refractivity contribution in [3.05, 3.63) is 43.9 Å². The van der Waals surface area contributed by atoms with Gasteiger partial charge in [-0.05, 0) is 33.6 Å². The van der Waals surface area contributed by atoms with Gasteiger partial charge in [0.25, 0.3) is 0 Å². The Morgan fingerprint density at radius 1 is 0.889 bits per heavy atom. The lowest BCUT2D eigenvalue weighted by atomic mass is 10.2. The molecule has 2 unspecified atom stereocenters. The predicted octanol–water partition coefficient (Wildman–Crippen LogP) is 5.17. The summed E-state index contributed by atoms with van der Waals surface area (Å²) in [4.78, 5) is 18.4. The van der Waals surface area contributed by atoms with Gasteiger partial charge in [-0.3, -0.25) is 0 Å². The number of aryl methyl sites for hydroxylation is 3. The highest BCUT2D eigenvalue weighted by Gasteiger charge is 2.15. The molecule has 0 aliphatic rings. The van der Waals surface area contributed by atoms with Crippen LogP contribution in [0.2, 0.25) is 0 Å². The number of thiazole rings is 2. The molecule has 3 aromatic rings. The highest BCUT2D eigenvalue weighted by molar-refractivity contribution is 7.09. The molecule has 144 valence electrons. The first kappa shape index (κ1) is 19.7. The second kappa shape index (κ2) is 8.75. The fourth-order valence-corrected chi connectivity index (χ4v) is 4.25. The first-order valence-corrected chi connectivity index (χ1v) is 11.0. The average molecular weight is 403 g/mol. The van der Waals surface area contributed by atoms with Crippen LogP contribution in [0.1, 0.15) is 66.7 Å². The smallest absolute Gasteiger partial charge is 0.225 e. The van der Waals surface area contributed by atoms with E-state index in [1.807, 2.05) is 13.1 Å². The SMILES string of the molecule is CCc1nc(C(C)Nc2ncc(C)c(NC(C)c3csc(CC)n3)n2)cs1. The summed E-state index contributed by atoms with van der Waals surface area (Å²) in [7, 11) is 0. The standard InChI is InChI=1S/C19H26N6S2/c1-6-16-23-14(9-26-16)12(4)21-18-11(3)8-20-19(25-18)22-13(5)15-10-27-17(7-2)24-15/h8-10,12-13H,6-7H2,1-5H3,(H2,20,21,22,25). The molecule has 3 rings (SSSR count). The van der Waals surface area contributed by atoms with Gasteiger partial charge in [0.05, 0.1) is 33.5 Å². The van der Waals surface area contributed by atoms with E-state index in [9.17, 15) is 0 Å². The quantitative estimate of drug-likeness (QED) is 0.541. The lowest BCUT2D eigenvalue weighted by molar-refractivity contribution is 0.810. The molecule has 0 aliphatic carbocycles. The highest BCUT2D eigenvalue weighted by Crippen LogP contribution is 2.24. The lowest BCUT2D eigenvalue weighted by Gasteiger charge is -2.17. The molecule has 3 heterocycles. The van der Waals surface area contributed by atoms with Crippen molar-refractivity contribution in [1.82, 2.24) is 19.9 Å². The molecule has 0 aromatic carbocycles. The van der Waals surface area contributed by atoms with Crippen LogP contribution in [0.4, 0.5) is 11.8 Å². The fraction of sp³-hybridized carbons (Fsp3) is 0.474. The zero-order valence-electron chi connectivity index (χ0n) is 16.4. The molecule has 27 heavy (non-hydrogen) atoms. The summed E-state index contributed by atoms with van der Waals surface area (Å²) in [6.07, 6.45) is 3.77. The summed E-state index contributed by atoms with van der Waals surface area (Å²) in [6.45, 7) is 10.4. The molecule has 3 aromatic heterocycles. The van der Waals surface area contributed by atoms with Gasteiger partial charge in [-0.2, -0.15) is 4.98 Å². The molecular weight excluding hydrogens is 376 g/mol. The summed E-state index contributed by atoms with van der Waals surface area (Å²) in [5.74, 6) is 1.42. The summed E-state index contributed by atoms with van der Waals surface area (Å²) >= 11 is 3.40. The van der Waals surface area contributed by atoms with Gasteiger partial charge in [-0.25, -0.2) is 15.0 Å². The molecule has 2 N–H and O–H groups in total. The summed E-state index contributed by atoms with van der Waals surface area (Å²) < 4.78 is 0. The zero-order valence-corrected chi connectivity index (χ0v) is 18.0. The van der Waals surface area contributed by atoms with Crippen LogP contribution in [-0.4, -0.2) is 19.9 Å². The fourth-order valence-electron chi connectivity index (χ4n) is 2.58. The van der Waals surface area contributed by atoms with E-state index in [-0.39, 0.29) is 12.1 Å². The van der Waals surface area contributed by atoms with Gasteiger partial charge in [0, 0.05) is 22.5 Å². The molecule has 0 fully saturated rings. The van der Waals surface area contributed by atoms with E-state index in [0.717, 1.165) is 45.6 Å². The Kier molecular flexibility index (Phi) is 6.38. The van der Waals surface area contributed by atoms with Crippen molar-refractivity contribution in [3.8, 4) is 0 Å². The van der Waals surface area contributed by atoms with E-state index >= 15 is 0 Å². The Morgan fingerprint density at radius 2 is 1.44 bits per heavy atom. The molecule has 0 aliphatic heterocycles. The maximum absolute atomic E-state index is 4.68. The zero-order chi connectivity index (χ0) is 19.4. The van der Waals surface area contributed by atoms with Crippen LogP contribution in [-0.2, 0) is 12.8 Å². The van der Waals surface area contributed by atoms with Crippen LogP contribution in [0.5, 0.6) is 0 Å². The number of aromatic nitrogens is 4. The second-order valence-corrected chi connectivity index (χ2v) is 8.38. The normalized spacial score (nSPS) is 13.4. The minimum absolute atomic E-state index is 0.0557. The molecule has 0 saturated heterocycles. The topological polar surface area (TPSA) is 75.6 Å². The summed E-state index contributed by atoms with van der Waals surface area (Å²) in [6, 6.07) is 0.145. The number of hydrogen-bond donors (Lipinski definition) is 2. The van der Waals surface area contributed by atoms with Crippen molar-refractivity contribution in [2.45, 2.75) is 59.5 Å². The van der Waals surface area contributed by atoms with Gasteiger partial charge in [0.1, 0.15) is 5.82 Å². The third-order valence-corrected chi connectivity index (χ3v) is 6.32. The Hall–Kier alpha value is -2.06. The van der Waals surface area contributed by atoms with Crippen LogP contribution < -0.4 is 10.6 Å². The molecule has 0 spiro atoms. The van der Waals surface area contributed by atoms with E-state index in [4.69, 9.17) is 0 Å². The number of rotatable bonds is 8. The van der Waals surface area contributed by atoms with Gasteiger partial charge >= 0.3 is 0 Å². The number of nitrogens with one attached hydrogen (secondary N) is 2. The third-order valence-electron chi connectivity index (χ3n) is 4.30. The van der Waals surface area contributed by atoms with Gasteiger partial charge in [-0.15, -0.1) is 22.7 Å². The monoisotopic (exact) mass is 402 g/mol. The maximum atomic E-state index is 4.68. The molecule has 2 atom stereocenters. The van der Waals surface area contributed by atoms with Crippen LogP contribution >= 0.6 is 22.7 Å². The molecule has 0 bridgehead atoms. The first-order valence-electron chi connectivity index (χ1n) is 9.25. The highest BCUT2D eigenvalue weighted by atomic mass is 32.1. The molecule has 8 heteroatoms. The van der Waals surface area contributed by atoms with E-state index in [1.165, 1.54) is 0 Å². The Morgan fingerprint density at radius 3 is 1.96 bits per heavy atom. The second-order valence-electron chi connectivity index (χ2n) is 6.50. The van der Waals surface area contributed by atoms with Crippen molar-refractivity contribution in [3.63, 3.8) is 0 Å². The van der Waals surface area contributed by atoms with Gasteiger partial charge in [0.15, 0.2) is 0 Å². The van der Waals surface area contributed by atoms with Crippen LogP contribution in [0.3, 0.4) is 0 Å². The van der Waals surface area contributed by atoms with Crippen molar-refractivity contribution < 1.29 is 0 Å². The van der Waals surface area contributed by atoms with Crippen LogP contribution in [0.25, 0.3) is 0 Å². The van der Waals surface area contributed by atoms with E-state index < -0.39 is 0 Å². The van der Waals surface area contributed by atoms with Crippen molar-refractivity contribution in [2.75, 3.05) is 10.6 Å². The molecule has 6 nitrogen and oxygen atoms in total. The van der Waals surface area contributed by atoms with Gasteiger partial charge < -0.3 is 10.6 Å². The largest absolute Gasteiger partial charge is 0.362 e. The first-order chi connectivity index (χ1) is 13.0. The van der Waals surface area contributed by atoms with E-state index in [0.29, 0.717) is 5.95 Å². The van der Waals surface area contributed by atoms with Crippen LogP contribution in [0.15, 0.2) is 17.0 Å². The molecule has 0 amide bonds. The molecular formula is C19H26N6S2. The summed E-state index contributed by atoms with van der Waals surface area (Å²) in [5.41, 5.74) is 3.08. The third kappa shape index (κ3) is 4.81. The van der Waals surface area contributed by atoms with E-state index in [2.05, 4.69) is 69.0 Å². The minimum Gasteiger partial charge on any atom is -0.362 e. The number of nitrogens with zero attached hydrogens (tertiary/aromatic N) is 4. The lowest BCUT2D eigenvalue weighted by Crippen LogP contribution is -2.14. The van der Waals surface area contributed by atoms with Crippen molar-refractivity contribution in [1.29, 1.82) is 0 Å². The Bertz CT molecular complexity index is 888. The maximum Gasteiger partial charge on any atom is 0.225 e. The van der Waals surface area contributed by atoms with Gasteiger partial charge in [-0.1, -0.05) is 13.8 Å². The average Bonchev–Trinajstić information content (AvgIpc) is 3.33. The predicted molar refractivity (Wildman–Crippen MR) is 114 cm³/mol. The molecule has 0 saturated carbocycles. The summed E-state index contributed by atoms with van der Waals surface area (Å²) in [5, 5.41) is 13.3. The van der Waals surface area contributed by atoms with Gasteiger partial charge in [0.2, 0.25) is 5.95 Å². The Balaban J connectivity index is 1.71. The minimum atomic E-state index is 0.0557. The van der Waals surface area contributed by atoms with E-state index in [1.54, 1.807) is 22.7 Å². The Labute approximate surface area is 168 Å². The number of hydrogen-bond acceptors (Lipinski definition) is 8. The van der Waals surface area contributed by atoms with Crippen molar-refractivity contribution >= 4 is 34.4 Å². The van der Waals surface area contributed by atoms with Crippen molar-refractivity contribution in [2.24, 2.45) is 0 Å². The van der Waals surface area contributed by atoms with Crippen LogP contribution in [0, 0.1) is 6.92 Å².